The molecule has 110 valence electrons. The van der Waals surface area contributed by atoms with Crippen LogP contribution in [-0.4, -0.2) is 15.8 Å². The third kappa shape index (κ3) is 4.06. The molecule has 0 fully saturated rings. The quantitative estimate of drug-likeness (QED) is 0.883. The van der Waals surface area contributed by atoms with E-state index in [9.17, 15) is 14.6 Å². The van der Waals surface area contributed by atoms with E-state index in [1.807, 2.05) is 0 Å². The average molecular weight is 307 g/mol. The number of aromatic hydroxyl groups is 1. The van der Waals surface area contributed by atoms with Gasteiger partial charge in [0.25, 0.3) is 0 Å². The van der Waals surface area contributed by atoms with Gasteiger partial charge in [0.2, 0.25) is 0 Å². The van der Waals surface area contributed by atoms with E-state index in [4.69, 9.17) is 11.6 Å². The maximum atomic E-state index is 13.1. The van der Waals surface area contributed by atoms with Gasteiger partial charge in [0.15, 0.2) is 0 Å². The standard InChI is InChI=1S/C17H16ClFO2/c1-17(2,21)10-15(11-3-6-13(19)7-4-11)14-8-5-12(18)9-16(14)20/h3-10,20-21H,1-2H3/b15-10-. The summed E-state index contributed by atoms with van der Waals surface area (Å²) in [5, 5.41) is 20.6. The molecule has 4 heteroatoms. The summed E-state index contributed by atoms with van der Waals surface area (Å²) >= 11 is 5.84. The van der Waals surface area contributed by atoms with Gasteiger partial charge in [-0.1, -0.05) is 23.7 Å². The molecular formula is C17H16ClFO2. The minimum atomic E-state index is -1.09. The van der Waals surface area contributed by atoms with Crippen molar-refractivity contribution in [2.45, 2.75) is 19.4 Å². The summed E-state index contributed by atoms with van der Waals surface area (Å²) in [7, 11) is 0. The van der Waals surface area contributed by atoms with Crippen molar-refractivity contribution in [3.05, 3.63) is 70.5 Å². The van der Waals surface area contributed by atoms with Crippen LogP contribution >= 0.6 is 11.6 Å². The molecule has 2 rings (SSSR count). The van der Waals surface area contributed by atoms with Crippen LogP contribution in [0.3, 0.4) is 0 Å². The average Bonchev–Trinajstić information content (AvgIpc) is 2.36. The Bertz CT molecular complexity index is 670. The molecule has 21 heavy (non-hydrogen) atoms. The van der Waals surface area contributed by atoms with E-state index < -0.39 is 5.60 Å². The summed E-state index contributed by atoms with van der Waals surface area (Å²) in [6.45, 7) is 3.26. The molecule has 2 aromatic carbocycles. The van der Waals surface area contributed by atoms with Gasteiger partial charge >= 0.3 is 0 Å². The second-order valence-corrected chi connectivity index (χ2v) is 5.82. The number of aliphatic hydroxyl groups is 1. The zero-order valence-electron chi connectivity index (χ0n) is 11.8. The molecule has 0 saturated carbocycles. The van der Waals surface area contributed by atoms with Crippen LogP contribution in [0.5, 0.6) is 5.75 Å². The van der Waals surface area contributed by atoms with Gasteiger partial charge in [0.05, 0.1) is 5.60 Å². The lowest BCUT2D eigenvalue weighted by atomic mass is 9.92. The second-order valence-electron chi connectivity index (χ2n) is 5.38. The number of halogens is 2. The maximum absolute atomic E-state index is 13.1. The van der Waals surface area contributed by atoms with E-state index >= 15 is 0 Å². The number of hydrogen-bond acceptors (Lipinski definition) is 2. The molecule has 0 aliphatic rings. The SMILES string of the molecule is CC(C)(O)/C=C(/c1ccc(F)cc1)c1ccc(Cl)cc1O. The zero-order valence-corrected chi connectivity index (χ0v) is 12.5. The molecule has 0 radical (unpaired) electrons. The molecule has 0 heterocycles. The number of phenols is 1. The van der Waals surface area contributed by atoms with E-state index in [1.54, 1.807) is 44.2 Å². The number of phenolic OH excluding ortho intramolecular Hbond substituents is 1. The van der Waals surface area contributed by atoms with Crippen LogP contribution in [0.15, 0.2) is 48.5 Å². The smallest absolute Gasteiger partial charge is 0.124 e. The van der Waals surface area contributed by atoms with Crippen LogP contribution in [0, 0.1) is 5.82 Å². The predicted molar refractivity (Wildman–Crippen MR) is 82.9 cm³/mol. The van der Waals surface area contributed by atoms with Gasteiger partial charge < -0.3 is 10.2 Å². The minimum absolute atomic E-state index is 0.00215. The van der Waals surface area contributed by atoms with Crippen molar-refractivity contribution >= 4 is 17.2 Å². The molecule has 0 amide bonds. The van der Waals surface area contributed by atoms with Crippen molar-refractivity contribution in [1.82, 2.24) is 0 Å². The van der Waals surface area contributed by atoms with Gasteiger partial charge in [-0.15, -0.1) is 0 Å². The summed E-state index contributed by atoms with van der Waals surface area (Å²) in [6, 6.07) is 10.6. The van der Waals surface area contributed by atoms with Crippen molar-refractivity contribution in [3.63, 3.8) is 0 Å². The Labute approximate surface area is 128 Å². The Kier molecular flexibility index (Phi) is 4.35. The molecule has 2 aromatic rings. The van der Waals surface area contributed by atoms with Crippen LogP contribution in [0.4, 0.5) is 4.39 Å². The highest BCUT2D eigenvalue weighted by Gasteiger charge is 2.16. The molecule has 0 spiro atoms. The number of rotatable bonds is 3. The Morgan fingerprint density at radius 2 is 1.76 bits per heavy atom. The van der Waals surface area contributed by atoms with Gasteiger partial charge in [-0.25, -0.2) is 4.39 Å². The molecule has 0 aromatic heterocycles. The third-order valence-corrected chi connectivity index (χ3v) is 3.14. The van der Waals surface area contributed by atoms with Gasteiger partial charge in [-0.2, -0.15) is 0 Å². The minimum Gasteiger partial charge on any atom is -0.507 e. The Balaban J connectivity index is 2.62. The van der Waals surface area contributed by atoms with Crippen LogP contribution < -0.4 is 0 Å². The first kappa shape index (κ1) is 15.5. The monoisotopic (exact) mass is 306 g/mol. The molecule has 0 aliphatic heterocycles. The lowest BCUT2D eigenvalue weighted by Gasteiger charge is -2.17. The highest BCUT2D eigenvalue weighted by atomic mass is 35.5. The first-order chi connectivity index (χ1) is 9.76. The first-order valence-electron chi connectivity index (χ1n) is 6.46. The van der Waals surface area contributed by atoms with Crippen LogP contribution in [0.25, 0.3) is 5.57 Å². The fraction of sp³-hybridized carbons (Fsp3) is 0.176. The lowest BCUT2D eigenvalue weighted by molar-refractivity contribution is 0.133. The van der Waals surface area contributed by atoms with E-state index in [1.165, 1.54) is 18.2 Å². The fourth-order valence-electron chi connectivity index (χ4n) is 2.03. The largest absolute Gasteiger partial charge is 0.507 e. The molecule has 0 saturated heterocycles. The summed E-state index contributed by atoms with van der Waals surface area (Å²) < 4.78 is 13.1. The van der Waals surface area contributed by atoms with Crippen LogP contribution in [-0.2, 0) is 0 Å². The Morgan fingerprint density at radius 3 is 2.29 bits per heavy atom. The third-order valence-electron chi connectivity index (χ3n) is 2.90. The molecule has 0 bridgehead atoms. The topological polar surface area (TPSA) is 40.5 Å². The maximum Gasteiger partial charge on any atom is 0.124 e. The summed E-state index contributed by atoms with van der Waals surface area (Å²) in [5.41, 5.74) is 0.733. The molecule has 2 nitrogen and oxygen atoms in total. The van der Waals surface area contributed by atoms with Crippen LogP contribution in [0.1, 0.15) is 25.0 Å². The summed E-state index contributed by atoms with van der Waals surface area (Å²) in [4.78, 5) is 0. The Morgan fingerprint density at radius 1 is 1.14 bits per heavy atom. The highest BCUT2D eigenvalue weighted by molar-refractivity contribution is 6.30. The van der Waals surface area contributed by atoms with Gasteiger partial charge in [0.1, 0.15) is 11.6 Å². The number of hydrogen-bond donors (Lipinski definition) is 2. The van der Waals surface area contributed by atoms with E-state index in [2.05, 4.69) is 0 Å². The molecule has 0 unspecified atom stereocenters. The van der Waals surface area contributed by atoms with Crippen molar-refractivity contribution in [1.29, 1.82) is 0 Å². The molecule has 2 N–H and O–H groups in total. The molecule has 0 aliphatic carbocycles. The summed E-state index contributed by atoms with van der Waals surface area (Å²) in [6.07, 6.45) is 1.61. The second kappa shape index (κ2) is 5.88. The van der Waals surface area contributed by atoms with Gasteiger partial charge in [0, 0.05) is 10.6 Å². The summed E-state index contributed by atoms with van der Waals surface area (Å²) in [5.74, 6) is -0.344. The molecular weight excluding hydrogens is 291 g/mol. The van der Waals surface area contributed by atoms with Crippen molar-refractivity contribution in [2.24, 2.45) is 0 Å². The van der Waals surface area contributed by atoms with Crippen LogP contribution in [0.2, 0.25) is 5.02 Å². The predicted octanol–water partition coefficient (Wildman–Crippen LogP) is 4.39. The van der Waals surface area contributed by atoms with Crippen molar-refractivity contribution in [3.8, 4) is 5.75 Å². The highest BCUT2D eigenvalue weighted by Crippen LogP contribution is 2.33. The van der Waals surface area contributed by atoms with Crippen molar-refractivity contribution < 1.29 is 14.6 Å². The van der Waals surface area contributed by atoms with Gasteiger partial charge in [-0.05, 0) is 61.4 Å². The molecule has 0 atom stereocenters. The Hall–Kier alpha value is -1.84. The van der Waals surface area contributed by atoms with Crippen molar-refractivity contribution in [2.75, 3.05) is 0 Å². The zero-order chi connectivity index (χ0) is 15.6. The van der Waals surface area contributed by atoms with E-state index in [0.717, 1.165) is 0 Å². The van der Waals surface area contributed by atoms with E-state index in [0.29, 0.717) is 21.7 Å². The van der Waals surface area contributed by atoms with Gasteiger partial charge in [-0.3, -0.25) is 0 Å². The van der Waals surface area contributed by atoms with E-state index in [-0.39, 0.29) is 11.6 Å². The normalized spacial score (nSPS) is 12.5. The lowest BCUT2D eigenvalue weighted by Crippen LogP contribution is -2.15. The first-order valence-corrected chi connectivity index (χ1v) is 6.84. The fourth-order valence-corrected chi connectivity index (χ4v) is 2.20. The number of benzene rings is 2.